The SMILES string of the molecule is O=C(S)C1(OCC(F)(F)F)CC1. The summed E-state index contributed by atoms with van der Waals surface area (Å²) in [7, 11) is 0. The van der Waals surface area contributed by atoms with Crippen LogP contribution < -0.4 is 0 Å². The fraction of sp³-hybridized carbons (Fsp3) is 0.833. The first kappa shape index (κ1) is 9.85. The third-order valence-corrected chi connectivity index (χ3v) is 2.01. The minimum absolute atomic E-state index is 0.339. The number of carbonyl (C=O) groups is 1. The molecule has 0 bridgehead atoms. The van der Waals surface area contributed by atoms with Crippen molar-refractivity contribution in [3.8, 4) is 0 Å². The van der Waals surface area contributed by atoms with Crippen LogP contribution >= 0.6 is 12.6 Å². The number of carbonyl (C=O) groups excluding carboxylic acids is 1. The van der Waals surface area contributed by atoms with E-state index in [2.05, 4.69) is 17.4 Å². The highest BCUT2D eigenvalue weighted by Crippen LogP contribution is 2.42. The van der Waals surface area contributed by atoms with Crippen molar-refractivity contribution in [3.63, 3.8) is 0 Å². The fourth-order valence-electron chi connectivity index (χ4n) is 0.753. The Morgan fingerprint density at radius 3 is 2.25 bits per heavy atom. The Hall–Kier alpha value is -0.230. The lowest BCUT2D eigenvalue weighted by atomic mass is 10.4. The van der Waals surface area contributed by atoms with Gasteiger partial charge in [-0.1, -0.05) is 0 Å². The quantitative estimate of drug-likeness (QED) is 0.699. The van der Waals surface area contributed by atoms with Crippen molar-refractivity contribution in [1.29, 1.82) is 0 Å². The third-order valence-electron chi connectivity index (χ3n) is 1.61. The van der Waals surface area contributed by atoms with Gasteiger partial charge in [-0.15, -0.1) is 12.6 Å². The molecule has 0 aromatic rings. The molecule has 1 fully saturated rings. The average Bonchev–Trinajstić information content (AvgIpc) is 2.61. The zero-order chi connectivity index (χ0) is 9.41. The van der Waals surface area contributed by atoms with E-state index in [0.717, 1.165) is 0 Å². The Balaban J connectivity index is 2.37. The van der Waals surface area contributed by atoms with Gasteiger partial charge in [-0.25, -0.2) is 0 Å². The maximum atomic E-state index is 11.6. The number of rotatable bonds is 3. The maximum Gasteiger partial charge on any atom is 0.411 e. The number of hydrogen-bond donors (Lipinski definition) is 1. The van der Waals surface area contributed by atoms with E-state index in [-0.39, 0.29) is 0 Å². The first-order chi connectivity index (χ1) is 5.36. The standard InChI is InChI=1S/C6H7F3O2S/c7-6(8,9)3-11-5(1-2-5)4(10)12/h1-3H2,(H,10,12). The van der Waals surface area contributed by atoms with E-state index in [1.165, 1.54) is 0 Å². The Labute approximate surface area is 72.5 Å². The van der Waals surface area contributed by atoms with Crippen molar-refractivity contribution in [2.75, 3.05) is 6.61 Å². The summed E-state index contributed by atoms with van der Waals surface area (Å²) in [4.78, 5) is 10.6. The molecule has 0 unspecified atom stereocenters. The number of thiol groups is 1. The van der Waals surface area contributed by atoms with Crippen LogP contribution in [0.3, 0.4) is 0 Å². The molecule has 0 amide bonds. The van der Waals surface area contributed by atoms with Crippen molar-refractivity contribution < 1.29 is 22.7 Å². The Morgan fingerprint density at radius 2 is 2.00 bits per heavy atom. The van der Waals surface area contributed by atoms with Gasteiger partial charge in [-0.3, -0.25) is 4.79 Å². The molecule has 0 spiro atoms. The van der Waals surface area contributed by atoms with Crippen molar-refractivity contribution >= 4 is 17.7 Å². The molecular weight excluding hydrogens is 193 g/mol. The van der Waals surface area contributed by atoms with Gasteiger partial charge < -0.3 is 4.74 Å². The van der Waals surface area contributed by atoms with Crippen LogP contribution in [-0.2, 0) is 9.53 Å². The maximum absolute atomic E-state index is 11.6. The lowest BCUT2D eigenvalue weighted by molar-refractivity contribution is -0.189. The molecule has 1 saturated carbocycles. The predicted octanol–water partition coefficient (Wildman–Crippen LogP) is 1.55. The van der Waals surface area contributed by atoms with Crippen molar-refractivity contribution in [2.24, 2.45) is 0 Å². The van der Waals surface area contributed by atoms with Gasteiger partial charge in [0.15, 0.2) is 0 Å². The van der Waals surface area contributed by atoms with Gasteiger partial charge in [0, 0.05) is 0 Å². The van der Waals surface area contributed by atoms with Gasteiger partial charge in [0.05, 0.1) is 0 Å². The van der Waals surface area contributed by atoms with Crippen LogP contribution in [0.25, 0.3) is 0 Å². The zero-order valence-electron chi connectivity index (χ0n) is 6.02. The van der Waals surface area contributed by atoms with Gasteiger partial charge in [-0.2, -0.15) is 13.2 Å². The van der Waals surface area contributed by atoms with E-state index in [4.69, 9.17) is 0 Å². The van der Waals surface area contributed by atoms with Gasteiger partial charge in [0.25, 0.3) is 0 Å². The summed E-state index contributed by atoms with van der Waals surface area (Å²) >= 11 is 3.44. The summed E-state index contributed by atoms with van der Waals surface area (Å²) in [6.07, 6.45) is -3.70. The lowest BCUT2D eigenvalue weighted by Crippen LogP contribution is -2.28. The Morgan fingerprint density at radius 1 is 1.50 bits per heavy atom. The van der Waals surface area contributed by atoms with E-state index >= 15 is 0 Å². The van der Waals surface area contributed by atoms with Gasteiger partial charge in [0.2, 0.25) is 5.12 Å². The normalized spacial score (nSPS) is 20.7. The molecule has 2 nitrogen and oxygen atoms in total. The molecule has 6 heteroatoms. The van der Waals surface area contributed by atoms with Crippen LogP contribution in [0.1, 0.15) is 12.8 Å². The molecule has 1 aliphatic carbocycles. The van der Waals surface area contributed by atoms with Crippen molar-refractivity contribution in [3.05, 3.63) is 0 Å². The molecule has 0 aliphatic heterocycles. The fourth-order valence-corrected chi connectivity index (χ4v) is 1.04. The summed E-state index contributed by atoms with van der Waals surface area (Å²) < 4.78 is 39.3. The lowest BCUT2D eigenvalue weighted by Gasteiger charge is -2.13. The van der Waals surface area contributed by atoms with E-state index < -0.39 is 23.5 Å². The molecule has 0 N–H and O–H groups in total. The van der Waals surface area contributed by atoms with E-state index in [1.54, 1.807) is 0 Å². The summed E-state index contributed by atoms with van der Waals surface area (Å²) in [5, 5.41) is -0.619. The van der Waals surface area contributed by atoms with Crippen molar-refractivity contribution in [1.82, 2.24) is 0 Å². The number of hydrogen-bond acceptors (Lipinski definition) is 2. The van der Waals surface area contributed by atoms with Gasteiger partial charge >= 0.3 is 6.18 Å². The van der Waals surface area contributed by atoms with Crippen LogP contribution in [0.2, 0.25) is 0 Å². The second kappa shape index (κ2) is 2.92. The summed E-state index contributed by atoms with van der Waals surface area (Å²) in [5.41, 5.74) is -1.24. The molecule has 0 heterocycles. The molecule has 1 rings (SSSR count). The van der Waals surface area contributed by atoms with E-state index in [9.17, 15) is 18.0 Å². The largest absolute Gasteiger partial charge is 0.411 e. The summed E-state index contributed by atoms with van der Waals surface area (Å²) in [6.45, 7) is -1.38. The molecule has 0 aromatic heterocycles. The highest BCUT2D eigenvalue weighted by atomic mass is 32.1. The molecule has 1 aliphatic rings. The molecule has 0 aromatic carbocycles. The third kappa shape index (κ3) is 2.38. The minimum atomic E-state index is -4.38. The van der Waals surface area contributed by atoms with E-state index in [0.29, 0.717) is 12.8 Å². The second-order valence-electron chi connectivity index (χ2n) is 2.70. The highest BCUT2D eigenvalue weighted by molar-refractivity contribution is 7.96. The predicted molar refractivity (Wildman–Crippen MR) is 38.0 cm³/mol. The van der Waals surface area contributed by atoms with Crippen LogP contribution in [0.5, 0.6) is 0 Å². The molecule has 0 radical (unpaired) electrons. The topological polar surface area (TPSA) is 26.3 Å². The Kier molecular flexibility index (Phi) is 2.40. The summed E-state index contributed by atoms with van der Waals surface area (Å²) in [6, 6.07) is 0. The monoisotopic (exact) mass is 200 g/mol. The number of halogens is 3. The molecular formula is C6H7F3O2S. The minimum Gasteiger partial charge on any atom is -0.357 e. The van der Waals surface area contributed by atoms with Crippen LogP contribution in [0, 0.1) is 0 Å². The van der Waals surface area contributed by atoms with E-state index in [1.807, 2.05) is 0 Å². The molecule has 0 saturated heterocycles. The van der Waals surface area contributed by atoms with Crippen LogP contribution in [0.4, 0.5) is 13.2 Å². The zero-order valence-corrected chi connectivity index (χ0v) is 6.91. The Bertz CT molecular complexity index is 197. The first-order valence-corrected chi connectivity index (χ1v) is 3.75. The van der Waals surface area contributed by atoms with Crippen LogP contribution in [0.15, 0.2) is 0 Å². The highest BCUT2D eigenvalue weighted by Gasteiger charge is 2.51. The second-order valence-corrected chi connectivity index (χ2v) is 3.11. The number of alkyl halides is 3. The summed E-state index contributed by atoms with van der Waals surface area (Å²) in [5.74, 6) is 0. The van der Waals surface area contributed by atoms with Crippen LogP contribution in [-0.4, -0.2) is 23.5 Å². The first-order valence-electron chi connectivity index (χ1n) is 3.30. The molecule has 12 heavy (non-hydrogen) atoms. The number of ether oxygens (including phenoxy) is 1. The molecule has 0 atom stereocenters. The van der Waals surface area contributed by atoms with Crippen molar-refractivity contribution in [2.45, 2.75) is 24.6 Å². The average molecular weight is 200 g/mol. The van der Waals surface area contributed by atoms with Gasteiger partial charge in [-0.05, 0) is 12.8 Å². The smallest absolute Gasteiger partial charge is 0.357 e. The van der Waals surface area contributed by atoms with Gasteiger partial charge in [0.1, 0.15) is 12.2 Å². The molecule has 70 valence electrons.